The SMILES string of the molecule is CON=C(C(=O)NC1C(=O)N2C(C(=O)[O-])=C([n+]3cc4c(n3C)CCC4)C(C)S[C@H]12)c1csc(N)n1. The second kappa shape index (κ2) is 8.68. The van der Waals surface area contributed by atoms with Gasteiger partial charge in [0.15, 0.2) is 10.8 Å². The summed E-state index contributed by atoms with van der Waals surface area (Å²) in [5, 5.41) is 19.6. The van der Waals surface area contributed by atoms with Crippen LogP contribution in [0.1, 0.15) is 30.3 Å². The molecular weight excluding hydrogens is 494 g/mol. The lowest BCUT2D eigenvalue weighted by molar-refractivity contribution is -0.672. The molecule has 4 heterocycles. The Bertz CT molecular complexity index is 1310. The molecule has 12 nitrogen and oxygen atoms in total. The zero-order valence-electron chi connectivity index (χ0n) is 19.2. The average molecular weight is 518 g/mol. The van der Waals surface area contributed by atoms with Crippen molar-refractivity contribution in [1.82, 2.24) is 19.9 Å². The summed E-state index contributed by atoms with van der Waals surface area (Å²) in [7, 11) is 3.17. The molecule has 2 aromatic heterocycles. The number of aryl methyl sites for hydroxylation is 1. The van der Waals surface area contributed by atoms with Crippen LogP contribution < -0.4 is 20.8 Å². The number of carbonyl (C=O) groups excluding carboxylic acids is 3. The molecule has 3 atom stereocenters. The van der Waals surface area contributed by atoms with Crippen molar-refractivity contribution in [2.45, 2.75) is 42.9 Å². The molecular formula is C21H23N7O5S2. The lowest BCUT2D eigenvalue weighted by atomic mass is 10.0. The molecule has 0 bridgehead atoms. The largest absolute Gasteiger partial charge is 0.543 e. The summed E-state index contributed by atoms with van der Waals surface area (Å²) < 4.78 is 3.74. The van der Waals surface area contributed by atoms with Crippen molar-refractivity contribution in [3.8, 4) is 0 Å². The van der Waals surface area contributed by atoms with Gasteiger partial charge in [-0.1, -0.05) is 9.84 Å². The van der Waals surface area contributed by atoms with Gasteiger partial charge in [0, 0.05) is 10.9 Å². The molecule has 2 aliphatic heterocycles. The number of oxime groups is 1. The van der Waals surface area contributed by atoms with Crippen LogP contribution in [0.15, 0.2) is 22.4 Å². The summed E-state index contributed by atoms with van der Waals surface area (Å²) in [5.74, 6) is -2.67. The summed E-state index contributed by atoms with van der Waals surface area (Å²) in [4.78, 5) is 48.4. The molecule has 2 amide bonds. The maximum absolute atomic E-state index is 13.1. The highest BCUT2D eigenvalue weighted by molar-refractivity contribution is 8.01. The van der Waals surface area contributed by atoms with E-state index in [2.05, 4.69) is 15.5 Å². The Morgan fingerprint density at radius 3 is 2.80 bits per heavy atom. The van der Waals surface area contributed by atoms with Crippen LogP contribution in [0.2, 0.25) is 0 Å². The van der Waals surface area contributed by atoms with Crippen molar-refractivity contribution in [1.29, 1.82) is 0 Å². The number of aromatic nitrogens is 3. The molecule has 14 heteroatoms. The number of nitrogen functional groups attached to an aromatic ring is 1. The molecule has 2 aromatic rings. The third kappa shape index (κ3) is 3.67. The molecule has 1 aliphatic carbocycles. The van der Waals surface area contributed by atoms with Crippen molar-refractivity contribution >= 4 is 57.4 Å². The Balaban J connectivity index is 1.45. The van der Waals surface area contributed by atoms with E-state index in [4.69, 9.17) is 10.6 Å². The Kier molecular flexibility index (Phi) is 5.79. The van der Waals surface area contributed by atoms with Crippen LogP contribution in [0.5, 0.6) is 0 Å². The molecule has 184 valence electrons. The van der Waals surface area contributed by atoms with E-state index >= 15 is 0 Å². The fourth-order valence-electron chi connectivity index (χ4n) is 4.82. The number of aliphatic carboxylic acids is 1. The number of carboxylic acid groups (broad SMARTS) is 1. The predicted octanol–water partition coefficient (Wildman–Crippen LogP) is -1.40. The van der Waals surface area contributed by atoms with Crippen LogP contribution in [0.25, 0.3) is 5.70 Å². The zero-order chi connectivity index (χ0) is 25.0. The van der Waals surface area contributed by atoms with Gasteiger partial charge in [0.05, 0.1) is 24.0 Å². The molecule has 0 spiro atoms. The third-order valence-corrected chi connectivity index (χ3v) is 8.43. The molecule has 5 rings (SSSR count). The quantitative estimate of drug-likeness (QED) is 0.205. The smallest absolute Gasteiger partial charge is 0.276 e. The van der Waals surface area contributed by atoms with Gasteiger partial charge in [-0.25, -0.2) is 4.98 Å². The van der Waals surface area contributed by atoms with E-state index in [1.165, 1.54) is 29.3 Å². The van der Waals surface area contributed by atoms with Gasteiger partial charge in [-0.2, -0.15) is 4.68 Å². The highest BCUT2D eigenvalue weighted by Crippen LogP contribution is 2.44. The summed E-state index contributed by atoms with van der Waals surface area (Å²) >= 11 is 2.52. The molecule has 2 unspecified atom stereocenters. The van der Waals surface area contributed by atoms with Crippen molar-refractivity contribution < 1.29 is 29.0 Å². The zero-order valence-corrected chi connectivity index (χ0v) is 20.8. The van der Waals surface area contributed by atoms with Gasteiger partial charge in [0.25, 0.3) is 11.8 Å². The number of carbonyl (C=O) groups is 3. The summed E-state index contributed by atoms with van der Waals surface area (Å²) in [6.07, 6.45) is 4.85. The number of hydrogen-bond acceptors (Lipinski definition) is 10. The van der Waals surface area contributed by atoms with E-state index in [1.54, 1.807) is 10.1 Å². The number of thioether (sulfide) groups is 1. The minimum atomic E-state index is -1.44. The van der Waals surface area contributed by atoms with Gasteiger partial charge >= 0.3 is 0 Å². The van der Waals surface area contributed by atoms with E-state index in [0.29, 0.717) is 5.70 Å². The van der Waals surface area contributed by atoms with Crippen molar-refractivity contribution in [3.63, 3.8) is 0 Å². The number of rotatable bonds is 6. The van der Waals surface area contributed by atoms with E-state index in [9.17, 15) is 19.5 Å². The van der Waals surface area contributed by atoms with Crippen molar-refractivity contribution in [2.75, 3.05) is 12.8 Å². The Morgan fingerprint density at radius 2 is 2.17 bits per heavy atom. The number of fused-ring (bicyclic) bond motifs is 2. The van der Waals surface area contributed by atoms with Crippen LogP contribution in [0.4, 0.5) is 5.13 Å². The van der Waals surface area contributed by atoms with Crippen molar-refractivity contribution in [2.24, 2.45) is 12.2 Å². The number of nitrogens with zero attached hydrogens (tertiary/aromatic N) is 5. The number of hydrogen-bond donors (Lipinski definition) is 2. The Labute approximate surface area is 208 Å². The van der Waals surface area contributed by atoms with Gasteiger partial charge in [-0.3, -0.25) is 14.5 Å². The summed E-state index contributed by atoms with van der Waals surface area (Å²) in [6.45, 7) is 1.88. The van der Waals surface area contributed by atoms with Crippen LogP contribution in [-0.4, -0.2) is 61.8 Å². The number of amides is 2. The molecule has 0 saturated carbocycles. The van der Waals surface area contributed by atoms with E-state index in [0.717, 1.165) is 36.3 Å². The Hall–Kier alpha value is -3.39. The second-order valence-electron chi connectivity index (χ2n) is 8.37. The molecule has 3 aliphatic rings. The van der Waals surface area contributed by atoms with Crippen LogP contribution in [-0.2, 0) is 39.1 Å². The fourth-order valence-corrected chi connectivity index (χ4v) is 6.81. The number of β-lactam (4-membered cyclic amide) rings is 1. The topological polar surface area (TPSA) is 159 Å². The minimum Gasteiger partial charge on any atom is -0.543 e. The van der Waals surface area contributed by atoms with Crippen LogP contribution in [0, 0.1) is 0 Å². The number of nitrogens with one attached hydrogen (secondary N) is 1. The highest BCUT2D eigenvalue weighted by Gasteiger charge is 2.57. The monoisotopic (exact) mass is 517 g/mol. The Morgan fingerprint density at radius 1 is 1.40 bits per heavy atom. The van der Waals surface area contributed by atoms with E-state index in [1.807, 2.05) is 24.9 Å². The lowest BCUT2D eigenvalue weighted by Gasteiger charge is -2.50. The number of thiazole rings is 1. The third-order valence-electron chi connectivity index (χ3n) is 6.37. The predicted molar refractivity (Wildman–Crippen MR) is 126 cm³/mol. The van der Waals surface area contributed by atoms with E-state index in [-0.39, 0.29) is 27.5 Å². The van der Waals surface area contributed by atoms with Crippen LogP contribution >= 0.6 is 23.1 Å². The number of carboxylic acids is 1. The number of nitrogens with two attached hydrogens (primary N) is 1. The van der Waals surface area contributed by atoms with Crippen LogP contribution in [0.3, 0.4) is 0 Å². The molecule has 1 saturated heterocycles. The molecule has 35 heavy (non-hydrogen) atoms. The first-order chi connectivity index (χ1) is 16.7. The normalized spacial score (nSPS) is 23.6. The lowest BCUT2D eigenvalue weighted by Crippen LogP contribution is -2.73. The van der Waals surface area contributed by atoms with Gasteiger partial charge in [0.2, 0.25) is 11.9 Å². The fraction of sp³-hybridized carbons (Fsp3) is 0.429. The molecule has 1 fully saturated rings. The first-order valence-corrected chi connectivity index (χ1v) is 12.7. The van der Waals surface area contributed by atoms with Gasteiger partial charge in [-0.05, 0) is 26.2 Å². The van der Waals surface area contributed by atoms with Crippen molar-refractivity contribution in [3.05, 3.63) is 34.2 Å². The average Bonchev–Trinajstić information content (AvgIpc) is 3.53. The van der Waals surface area contributed by atoms with E-state index < -0.39 is 29.2 Å². The molecule has 0 radical (unpaired) electrons. The summed E-state index contributed by atoms with van der Waals surface area (Å²) in [6, 6.07) is -0.952. The minimum absolute atomic E-state index is 0.134. The second-order valence-corrected chi connectivity index (χ2v) is 10.7. The first kappa shape index (κ1) is 23.4. The van der Waals surface area contributed by atoms with Gasteiger partial charge in [0.1, 0.15) is 29.9 Å². The van der Waals surface area contributed by atoms with Gasteiger partial charge < -0.3 is 25.8 Å². The number of anilines is 1. The highest BCUT2D eigenvalue weighted by atomic mass is 32.2. The maximum atomic E-state index is 13.1. The molecule has 3 N–H and O–H groups in total. The maximum Gasteiger partial charge on any atom is 0.276 e. The molecule has 0 aromatic carbocycles. The summed E-state index contributed by atoms with van der Waals surface area (Å²) in [5.41, 5.74) is 8.36. The first-order valence-electron chi connectivity index (χ1n) is 10.9. The standard InChI is InChI=1S/C21H23N7O5S2/c1-9-15(27-7-10-5-4-6-12(10)26(27)2)16(20(31)32)28-18(30)14(19(28)35-9)24-17(29)13(25-33-3)11-8-34-21(22)23-11/h7-9,14,19H,4-6H2,1-3H3,(H3-,22,23,24,29,31,32)/t9?,14?,19-/m1/s1. The van der Waals surface area contributed by atoms with Gasteiger partial charge in [-0.15, -0.1) is 23.1 Å².